The molecular weight excluding hydrogens is 181 g/mol. The highest BCUT2D eigenvalue weighted by atomic mass is 19.1. The normalized spacial score (nSPS) is 18.1. The molecule has 2 N–H and O–H groups in total. The highest BCUT2D eigenvalue weighted by Crippen LogP contribution is 2.35. The van der Waals surface area contributed by atoms with Gasteiger partial charge >= 0.3 is 0 Å². The van der Waals surface area contributed by atoms with Crippen molar-refractivity contribution in [3.63, 3.8) is 0 Å². The molecule has 3 heteroatoms. The van der Waals surface area contributed by atoms with Gasteiger partial charge in [0, 0.05) is 17.6 Å². The molecule has 0 unspecified atom stereocenters. The Morgan fingerprint density at radius 2 is 2.21 bits per heavy atom. The zero-order valence-electron chi connectivity index (χ0n) is 8.18. The minimum absolute atomic E-state index is 0.207. The summed E-state index contributed by atoms with van der Waals surface area (Å²) < 4.78 is 12.9. The van der Waals surface area contributed by atoms with Gasteiger partial charge in [0.2, 0.25) is 0 Å². The molecule has 0 aromatic heterocycles. The molecular formula is C11H14FNO. The molecule has 0 aliphatic heterocycles. The average molecular weight is 195 g/mol. The second kappa shape index (κ2) is 3.24. The first-order valence-electron chi connectivity index (χ1n) is 4.82. The summed E-state index contributed by atoms with van der Waals surface area (Å²) in [6, 6.07) is 4.61. The molecule has 76 valence electrons. The van der Waals surface area contributed by atoms with Gasteiger partial charge in [0.1, 0.15) is 0 Å². The molecule has 1 aromatic carbocycles. The summed E-state index contributed by atoms with van der Waals surface area (Å²) in [7, 11) is 0. The van der Waals surface area contributed by atoms with Gasteiger partial charge in [-0.3, -0.25) is 0 Å². The van der Waals surface area contributed by atoms with Crippen LogP contribution in [-0.2, 0) is 6.54 Å². The summed E-state index contributed by atoms with van der Waals surface area (Å²) >= 11 is 0. The maximum absolute atomic E-state index is 12.9. The summed E-state index contributed by atoms with van der Waals surface area (Å²) in [5.74, 6) is -0.783. The molecule has 0 amide bonds. The van der Waals surface area contributed by atoms with Crippen molar-refractivity contribution >= 4 is 0 Å². The molecule has 1 aliphatic carbocycles. The lowest BCUT2D eigenvalue weighted by atomic mass is 10.2. The molecule has 1 fully saturated rings. The Morgan fingerprint density at radius 3 is 2.86 bits per heavy atom. The van der Waals surface area contributed by atoms with E-state index in [9.17, 15) is 9.50 Å². The quantitative estimate of drug-likeness (QED) is 0.774. The van der Waals surface area contributed by atoms with E-state index in [-0.39, 0.29) is 11.3 Å². The summed E-state index contributed by atoms with van der Waals surface area (Å²) in [5, 5.41) is 12.7. The predicted octanol–water partition coefficient (Wildman–Crippen LogP) is 2.17. The van der Waals surface area contributed by atoms with Gasteiger partial charge in [0.25, 0.3) is 0 Å². The number of benzene rings is 1. The topological polar surface area (TPSA) is 32.3 Å². The number of phenolic OH excluding ortho intramolecular Hbond substituents is 1. The van der Waals surface area contributed by atoms with Crippen LogP contribution in [0.4, 0.5) is 4.39 Å². The maximum Gasteiger partial charge on any atom is 0.165 e. The van der Waals surface area contributed by atoms with Crippen molar-refractivity contribution < 1.29 is 9.50 Å². The zero-order valence-corrected chi connectivity index (χ0v) is 8.18. The van der Waals surface area contributed by atoms with Gasteiger partial charge in [0.05, 0.1) is 0 Å². The molecule has 1 saturated carbocycles. The first-order chi connectivity index (χ1) is 6.61. The molecule has 14 heavy (non-hydrogen) atoms. The number of hydrogen-bond acceptors (Lipinski definition) is 2. The van der Waals surface area contributed by atoms with Crippen LogP contribution < -0.4 is 5.32 Å². The largest absolute Gasteiger partial charge is 0.505 e. The number of phenols is 1. The molecule has 0 atom stereocenters. The van der Waals surface area contributed by atoms with Crippen LogP contribution in [0.15, 0.2) is 18.2 Å². The predicted molar refractivity (Wildman–Crippen MR) is 52.5 cm³/mol. The molecule has 1 aliphatic rings. The number of nitrogens with one attached hydrogen (secondary N) is 1. The van der Waals surface area contributed by atoms with Gasteiger partial charge in [-0.05, 0) is 25.8 Å². The van der Waals surface area contributed by atoms with Crippen LogP contribution in [0.5, 0.6) is 5.75 Å². The van der Waals surface area contributed by atoms with Gasteiger partial charge in [0.15, 0.2) is 11.6 Å². The lowest BCUT2D eigenvalue weighted by Crippen LogP contribution is -2.27. The second-order valence-electron chi connectivity index (χ2n) is 4.16. The van der Waals surface area contributed by atoms with Gasteiger partial charge in [-0.15, -0.1) is 0 Å². The number of halogens is 1. The number of aromatic hydroxyl groups is 1. The fraction of sp³-hybridized carbons (Fsp3) is 0.455. The lowest BCUT2D eigenvalue weighted by molar-refractivity contribution is 0.419. The Kier molecular flexibility index (Phi) is 2.19. The molecule has 0 spiro atoms. The van der Waals surface area contributed by atoms with E-state index < -0.39 is 5.82 Å². The molecule has 0 saturated heterocycles. The van der Waals surface area contributed by atoms with E-state index in [1.807, 2.05) is 0 Å². The van der Waals surface area contributed by atoms with Crippen LogP contribution in [0.1, 0.15) is 25.3 Å². The zero-order chi connectivity index (χ0) is 10.2. The lowest BCUT2D eigenvalue weighted by Gasteiger charge is -2.12. The third kappa shape index (κ3) is 1.87. The van der Waals surface area contributed by atoms with Crippen LogP contribution >= 0.6 is 0 Å². The molecule has 0 heterocycles. The van der Waals surface area contributed by atoms with Crippen LogP contribution in [-0.4, -0.2) is 10.6 Å². The van der Waals surface area contributed by atoms with Gasteiger partial charge < -0.3 is 10.4 Å². The van der Waals surface area contributed by atoms with Crippen molar-refractivity contribution in [3.05, 3.63) is 29.6 Å². The van der Waals surface area contributed by atoms with Gasteiger partial charge in [-0.2, -0.15) is 0 Å². The summed E-state index contributed by atoms with van der Waals surface area (Å²) in [4.78, 5) is 0. The molecule has 0 bridgehead atoms. The Morgan fingerprint density at radius 1 is 1.50 bits per heavy atom. The first-order valence-corrected chi connectivity index (χ1v) is 4.82. The van der Waals surface area contributed by atoms with Crippen LogP contribution in [0.25, 0.3) is 0 Å². The maximum atomic E-state index is 12.9. The fourth-order valence-electron chi connectivity index (χ4n) is 1.38. The van der Waals surface area contributed by atoms with Crippen molar-refractivity contribution in [3.8, 4) is 5.75 Å². The van der Waals surface area contributed by atoms with Crippen molar-refractivity contribution in [1.82, 2.24) is 5.32 Å². The SMILES string of the molecule is CC1(NCc2cccc(F)c2O)CC1. The van der Waals surface area contributed by atoms with Crippen LogP contribution in [0, 0.1) is 5.82 Å². The van der Waals surface area contributed by atoms with E-state index >= 15 is 0 Å². The molecule has 2 rings (SSSR count). The van der Waals surface area contributed by atoms with Gasteiger partial charge in [-0.1, -0.05) is 12.1 Å². The van der Waals surface area contributed by atoms with E-state index in [2.05, 4.69) is 12.2 Å². The van der Waals surface area contributed by atoms with E-state index in [1.165, 1.54) is 6.07 Å². The molecule has 1 aromatic rings. The van der Waals surface area contributed by atoms with Crippen LogP contribution in [0.3, 0.4) is 0 Å². The van der Waals surface area contributed by atoms with E-state index in [0.717, 1.165) is 12.8 Å². The Labute approximate surface area is 82.8 Å². The molecule has 2 nitrogen and oxygen atoms in total. The Balaban J connectivity index is 2.05. The van der Waals surface area contributed by atoms with Crippen LogP contribution in [0.2, 0.25) is 0 Å². The standard InChI is InChI=1S/C11H14FNO/c1-11(5-6-11)13-7-8-3-2-4-9(12)10(8)14/h2-4,13-14H,5-7H2,1H3. The summed E-state index contributed by atoms with van der Waals surface area (Å²) in [6.07, 6.45) is 2.31. The molecule has 0 radical (unpaired) electrons. The number of hydrogen-bond donors (Lipinski definition) is 2. The van der Waals surface area contributed by atoms with Crippen molar-refractivity contribution in [2.75, 3.05) is 0 Å². The van der Waals surface area contributed by atoms with E-state index in [4.69, 9.17) is 0 Å². The monoisotopic (exact) mass is 195 g/mol. The third-order valence-electron chi connectivity index (χ3n) is 2.78. The van der Waals surface area contributed by atoms with Crippen molar-refractivity contribution in [2.24, 2.45) is 0 Å². The third-order valence-corrected chi connectivity index (χ3v) is 2.78. The fourth-order valence-corrected chi connectivity index (χ4v) is 1.38. The van der Waals surface area contributed by atoms with E-state index in [1.54, 1.807) is 12.1 Å². The van der Waals surface area contributed by atoms with Crippen molar-refractivity contribution in [1.29, 1.82) is 0 Å². The minimum atomic E-state index is -0.551. The number of rotatable bonds is 3. The summed E-state index contributed by atoms with van der Waals surface area (Å²) in [6.45, 7) is 2.66. The highest BCUT2D eigenvalue weighted by molar-refractivity contribution is 5.33. The Bertz CT molecular complexity index is 347. The minimum Gasteiger partial charge on any atom is -0.505 e. The van der Waals surface area contributed by atoms with E-state index in [0.29, 0.717) is 12.1 Å². The summed E-state index contributed by atoms with van der Waals surface area (Å²) in [5.41, 5.74) is 0.830. The second-order valence-corrected chi connectivity index (χ2v) is 4.16. The average Bonchev–Trinajstić information content (AvgIpc) is 2.88. The Hall–Kier alpha value is -1.09. The van der Waals surface area contributed by atoms with Gasteiger partial charge in [-0.25, -0.2) is 4.39 Å². The number of para-hydroxylation sites is 1. The van der Waals surface area contributed by atoms with Crippen molar-refractivity contribution in [2.45, 2.75) is 31.8 Å². The first kappa shape index (κ1) is 9.46. The highest BCUT2D eigenvalue weighted by Gasteiger charge is 2.36. The smallest absolute Gasteiger partial charge is 0.165 e.